The first-order valence-electron chi connectivity index (χ1n) is 8.75. The molecule has 28 heavy (non-hydrogen) atoms. The molecule has 2 heterocycles. The van der Waals surface area contributed by atoms with Crippen molar-refractivity contribution in [1.82, 2.24) is 0 Å². The molecular formula is C20H20N2O5S. The smallest absolute Gasteiger partial charge is 0.340 e. The van der Waals surface area contributed by atoms with Crippen molar-refractivity contribution >= 4 is 39.2 Å². The number of nitrogens with one attached hydrogen (secondary N) is 2. The predicted octanol–water partition coefficient (Wildman–Crippen LogP) is 3.97. The molecule has 1 aromatic carbocycles. The molecule has 3 rings (SSSR count). The first kappa shape index (κ1) is 19.6. The number of esters is 1. The lowest BCUT2D eigenvalue weighted by atomic mass is 10.1. The number of rotatable bonds is 6. The van der Waals surface area contributed by atoms with Crippen molar-refractivity contribution in [3.63, 3.8) is 0 Å². The SMILES string of the molecule is CCOc1cccc2cc(C(=O)Nc3sc(CC)cc3C(=O)OC)c(=N)oc12. The normalized spacial score (nSPS) is 10.7. The van der Waals surface area contributed by atoms with Gasteiger partial charge in [-0.1, -0.05) is 19.1 Å². The fourth-order valence-electron chi connectivity index (χ4n) is 2.71. The molecule has 0 saturated heterocycles. The van der Waals surface area contributed by atoms with E-state index in [-0.39, 0.29) is 11.1 Å². The highest BCUT2D eigenvalue weighted by Gasteiger charge is 2.20. The molecule has 0 unspecified atom stereocenters. The lowest BCUT2D eigenvalue weighted by Gasteiger charge is -2.09. The predicted molar refractivity (Wildman–Crippen MR) is 106 cm³/mol. The zero-order chi connectivity index (χ0) is 20.3. The van der Waals surface area contributed by atoms with Crippen LogP contribution >= 0.6 is 11.3 Å². The summed E-state index contributed by atoms with van der Waals surface area (Å²) in [5.74, 6) is -0.548. The fourth-order valence-corrected chi connectivity index (χ4v) is 3.69. The fraction of sp³-hybridized carbons (Fsp3) is 0.250. The Morgan fingerprint density at radius 2 is 2.00 bits per heavy atom. The van der Waals surface area contributed by atoms with Gasteiger partial charge in [0.15, 0.2) is 11.3 Å². The quantitative estimate of drug-likeness (QED) is 0.610. The molecule has 0 bridgehead atoms. The average molecular weight is 400 g/mol. The van der Waals surface area contributed by atoms with Gasteiger partial charge < -0.3 is 19.2 Å². The van der Waals surface area contributed by atoms with E-state index in [1.54, 1.807) is 30.3 Å². The summed E-state index contributed by atoms with van der Waals surface area (Å²) in [7, 11) is 1.29. The van der Waals surface area contributed by atoms with E-state index in [0.29, 0.717) is 33.9 Å². The summed E-state index contributed by atoms with van der Waals surface area (Å²) < 4.78 is 15.9. The topological polar surface area (TPSA) is 102 Å². The second-order valence-electron chi connectivity index (χ2n) is 5.85. The Balaban J connectivity index is 1.99. The van der Waals surface area contributed by atoms with E-state index >= 15 is 0 Å². The number of thiophene rings is 1. The van der Waals surface area contributed by atoms with Crippen LogP contribution in [0.1, 0.15) is 39.4 Å². The van der Waals surface area contributed by atoms with Crippen LogP contribution in [0.15, 0.2) is 34.7 Å². The number of carbonyl (C=O) groups is 2. The number of methoxy groups -OCH3 is 1. The van der Waals surface area contributed by atoms with E-state index < -0.39 is 11.9 Å². The molecule has 8 heteroatoms. The monoisotopic (exact) mass is 400 g/mol. The standard InChI is InChI=1S/C20H20N2O5S/c1-4-12-10-14(20(24)25-3)19(28-12)22-18(23)13-9-11-7-6-8-15(26-5-2)16(11)27-17(13)21/h6-10,21H,4-5H2,1-3H3,(H,22,23). The Morgan fingerprint density at radius 3 is 2.68 bits per heavy atom. The van der Waals surface area contributed by atoms with E-state index in [4.69, 9.17) is 19.3 Å². The van der Waals surface area contributed by atoms with Crippen molar-refractivity contribution in [2.24, 2.45) is 0 Å². The minimum absolute atomic E-state index is 0.0587. The van der Waals surface area contributed by atoms with Crippen molar-refractivity contribution in [2.75, 3.05) is 19.0 Å². The van der Waals surface area contributed by atoms with Crippen molar-refractivity contribution in [3.8, 4) is 5.75 Å². The molecule has 0 radical (unpaired) electrons. The molecular weight excluding hydrogens is 380 g/mol. The Bertz CT molecular complexity index is 1100. The van der Waals surface area contributed by atoms with Crippen LogP contribution in [0.2, 0.25) is 0 Å². The number of hydrogen-bond acceptors (Lipinski definition) is 7. The van der Waals surface area contributed by atoms with Crippen molar-refractivity contribution in [3.05, 3.63) is 51.9 Å². The lowest BCUT2D eigenvalue weighted by molar-refractivity contribution is 0.0602. The summed E-state index contributed by atoms with van der Waals surface area (Å²) >= 11 is 1.30. The maximum atomic E-state index is 12.8. The first-order chi connectivity index (χ1) is 13.5. The van der Waals surface area contributed by atoms with Crippen molar-refractivity contribution < 1.29 is 23.5 Å². The first-order valence-corrected chi connectivity index (χ1v) is 9.56. The molecule has 1 amide bonds. The second kappa shape index (κ2) is 8.26. The van der Waals surface area contributed by atoms with Crippen LogP contribution in [0.25, 0.3) is 11.0 Å². The Morgan fingerprint density at radius 1 is 1.21 bits per heavy atom. The van der Waals surface area contributed by atoms with E-state index in [1.807, 2.05) is 13.8 Å². The molecule has 2 aromatic heterocycles. The maximum Gasteiger partial charge on any atom is 0.340 e. The third-order valence-corrected chi connectivity index (χ3v) is 5.26. The van der Waals surface area contributed by atoms with Crippen LogP contribution < -0.4 is 15.6 Å². The van der Waals surface area contributed by atoms with Crippen LogP contribution in [0, 0.1) is 5.41 Å². The molecule has 0 aliphatic rings. The third kappa shape index (κ3) is 3.77. The van der Waals surface area contributed by atoms with E-state index in [0.717, 1.165) is 11.3 Å². The highest BCUT2D eigenvalue weighted by Crippen LogP contribution is 2.30. The molecule has 0 aliphatic carbocycles. The maximum absolute atomic E-state index is 12.8. The van der Waals surface area contributed by atoms with E-state index in [1.165, 1.54) is 18.4 Å². The summed E-state index contributed by atoms with van der Waals surface area (Å²) in [6.45, 7) is 4.27. The molecule has 0 atom stereocenters. The average Bonchev–Trinajstić information content (AvgIpc) is 3.10. The number of carbonyl (C=O) groups excluding carboxylic acids is 2. The number of fused-ring (bicyclic) bond motifs is 1. The number of benzene rings is 1. The molecule has 3 aromatic rings. The summed E-state index contributed by atoms with van der Waals surface area (Å²) in [6.07, 6.45) is 0.722. The van der Waals surface area contributed by atoms with Gasteiger partial charge in [0.2, 0.25) is 5.55 Å². The highest BCUT2D eigenvalue weighted by atomic mass is 32.1. The number of amides is 1. The van der Waals surface area contributed by atoms with E-state index in [9.17, 15) is 9.59 Å². The van der Waals surface area contributed by atoms with Crippen LogP contribution in [-0.4, -0.2) is 25.6 Å². The Labute approximate surface area is 165 Å². The molecule has 0 spiro atoms. The zero-order valence-corrected chi connectivity index (χ0v) is 16.6. The molecule has 2 N–H and O–H groups in total. The molecule has 146 valence electrons. The minimum Gasteiger partial charge on any atom is -0.490 e. The second-order valence-corrected chi connectivity index (χ2v) is 6.99. The Hall–Kier alpha value is -3.13. The van der Waals surface area contributed by atoms with Gasteiger partial charge in [-0.15, -0.1) is 11.3 Å². The van der Waals surface area contributed by atoms with Gasteiger partial charge in [-0.25, -0.2) is 4.79 Å². The van der Waals surface area contributed by atoms with Crippen LogP contribution in [0.5, 0.6) is 5.75 Å². The van der Waals surface area contributed by atoms with Crippen molar-refractivity contribution in [2.45, 2.75) is 20.3 Å². The highest BCUT2D eigenvalue weighted by molar-refractivity contribution is 7.16. The van der Waals surface area contributed by atoms with Gasteiger partial charge in [0, 0.05) is 10.3 Å². The number of ether oxygens (including phenoxy) is 2. The summed E-state index contributed by atoms with van der Waals surface area (Å²) in [5.41, 5.74) is 0.471. The van der Waals surface area contributed by atoms with Crippen LogP contribution in [0.4, 0.5) is 5.00 Å². The number of hydrogen-bond donors (Lipinski definition) is 2. The van der Waals surface area contributed by atoms with Gasteiger partial charge in [-0.2, -0.15) is 0 Å². The van der Waals surface area contributed by atoms with Gasteiger partial charge in [0.1, 0.15) is 10.6 Å². The largest absolute Gasteiger partial charge is 0.490 e. The number of aryl methyl sites for hydroxylation is 1. The number of anilines is 1. The van der Waals surface area contributed by atoms with Crippen molar-refractivity contribution in [1.29, 1.82) is 5.41 Å². The van der Waals surface area contributed by atoms with Gasteiger partial charge in [0.25, 0.3) is 5.91 Å². The zero-order valence-electron chi connectivity index (χ0n) is 15.8. The summed E-state index contributed by atoms with van der Waals surface area (Å²) in [5, 5.41) is 11.9. The van der Waals surface area contributed by atoms with Gasteiger partial charge in [0.05, 0.1) is 19.3 Å². The number of para-hydroxylation sites is 1. The van der Waals surface area contributed by atoms with Crippen LogP contribution in [-0.2, 0) is 11.2 Å². The molecule has 0 fully saturated rings. The lowest BCUT2D eigenvalue weighted by Crippen LogP contribution is -2.21. The molecule has 0 saturated carbocycles. The Kier molecular flexibility index (Phi) is 5.79. The van der Waals surface area contributed by atoms with Gasteiger partial charge in [-0.05, 0) is 31.5 Å². The van der Waals surface area contributed by atoms with Gasteiger partial charge in [-0.3, -0.25) is 10.2 Å². The van der Waals surface area contributed by atoms with Gasteiger partial charge >= 0.3 is 5.97 Å². The van der Waals surface area contributed by atoms with Crippen LogP contribution in [0.3, 0.4) is 0 Å². The summed E-state index contributed by atoms with van der Waals surface area (Å²) in [6, 6.07) is 8.58. The summed E-state index contributed by atoms with van der Waals surface area (Å²) in [4.78, 5) is 25.7. The molecule has 7 nitrogen and oxygen atoms in total. The minimum atomic E-state index is -0.535. The van der Waals surface area contributed by atoms with E-state index in [2.05, 4.69) is 5.32 Å². The molecule has 0 aliphatic heterocycles. The third-order valence-electron chi connectivity index (χ3n) is 4.07.